The van der Waals surface area contributed by atoms with Crippen LogP contribution in [-0.4, -0.2) is 55.6 Å². The van der Waals surface area contributed by atoms with Gasteiger partial charge in [-0.2, -0.15) is 0 Å². The summed E-state index contributed by atoms with van der Waals surface area (Å²) in [7, 11) is -1.89. The largest absolute Gasteiger partial charge is 0.447 e. The minimum Gasteiger partial charge on any atom is -0.447 e. The molecule has 4 aliphatic rings. The smallest absolute Gasteiger partial charge is 0.411 e. The van der Waals surface area contributed by atoms with Gasteiger partial charge in [0, 0.05) is 0 Å². The second kappa shape index (κ2) is 8.11. The molecule has 1 aromatic carbocycles. The third-order valence-corrected chi connectivity index (χ3v) is 12.9. The minimum absolute atomic E-state index is 0.0692. The fourth-order valence-electron chi connectivity index (χ4n) is 6.27. The van der Waals surface area contributed by atoms with Crippen LogP contribution in [0.2, 0.25) is 18.1 Å². The van der Waals surface area contributed by atoms with E-state index in [1.807, 2.05) is 36.4 Å². The number of amides is 1. The second-order valence-corrected chi connectivity index (χ2v) is 14.3. The van der Waals surface area contributed by atoms with Gasteiger partial charge in [0.1, 0.15) is 18.8 Å². The zero-order valence-electron chi connectivity index (χ0n) is 19.2. The molecular weight excluding hydrogens is 422 g/mol. The highest BCUT2D eigenvalue weighted by Gasteiger charge is 2.64. The van der Waals surface area contributed by atoms with Crippen LogP contribution in [-0.2, 0) is 18.7 Å². The Morgan fingerprint density at radius 3 is 2.53 bits per heavy atom. The summed E-state index contributed by atoms with van der Waals surface area (Å²) < 4.78 is 18.8. The van der Waals surface area contributed by atoms with Crippen molar-refractivity contribution in [2.45, 2.75) is 81.6 Å². The maximum Gasteiger partial charge on any atom is 0.411 e. The summed E-state index contributed by atoms with van der Waals surface area (Å²) in [6.07, 6.45) is 4.67. The number of rotatable bonds is 7. The number of carbonyl (C=O) groups is 2. The van der Waals surface area contributed by atoms with E-state index in [1.54, 1.807) is 4.90 Å². The number of ketones is 1. The Bertz CT molecular complexity index is 908. The number of ether oxygens (including phenoxy) is 2. The van der Waals surface area contributed by atoms with Crippen molar-refractivity contribution in [3.05, 3.63) is 48.0 Å². The summed E-state index contributed by atoms with van der Waals surface area (Å²) in [6.45, 7) is 6.88. The lowest BCUT2D eigenvalue weighted by Gasteiger charge is -2.45. The van der Waals surface area contributed by atoms with E-state index in [9.17, 15) is 9.59 Å². The number of carbonyl (C=O) groups excluding carboxylic acids is 2. The van der Waals surface area contributed by atoms with Crippen LogP contribution in [0.1, 0.15) is 45.2 Å². The molecule has 5 rings (SSSR count). The Morgan fingerprint density at radius 2 is 1.84 bits per heavy atom. The van der Waals surface area contributed by atoms with Crippen LogP contribution in [0.5, 0.6) is 0 Å². The zero-order chi connectivity index (χ0) is 22.5. The predicted octanol–water partition coefficient (Wildman–Crippen LogP) is 4.63. The lowest BCUT2D eigenvalue weighted by Crippen LogP contribution is -2.61. The molecule has 1 aliphatic carbocycles. The first-order chi connectivity index (χ1) is 15.5. The molecule has 2 saturated heterocycles. The van der Waals surface area contributed by atoms with Crippen LogP contribution in [0.4, 0.5) is 4.79 Å². The van der Waals surface area contributed by atoms with Crippen molar-refractivity contribution in [3.63, 3.8) is 0 Å². The molecule has 32 heavy (non-hydrogen) atoms. The van der Waals surface area contributed by atoms with Gasteiger partial charge in [-0.3, -0.25) is 9.69 Å². The molecule has 7 heteroatoms. The highest BCUT2D eigenvalue weighted by molar-refractivity contribution is 6.73. The molecule has 1 saturated carbocycles. The van der Waals surface area contributed by atoms with Gasteiger partial charge in [-0.05, 0) is 36.5 Å². The van der Waals surface area contributed by atoms with Crippen LogP contribution < -0.4 is 0 Å². The van der Waals surface area contributed by atoms with Gasteiger partial charge >= 0.3 is 6.09 Å². The van der Waals surface area contributed by atoms with E-state index in [-0.39, 0.29) is 30.5 Å². The van der Waals surface area contributed by atoms with Gasteiger partial charge in [0.05, 0.1) is 23.7 Å². The van der Waals surface area contributed by atoms with E-state index >= 15 is 0 Å². The molecule has 172 valence electrons. The number of fused-ring (bicyclic) bond motifs is 1. The van der Waals surface area contributed by atoms with Crippen molar-refractivity contribution in [2.24, 2.45) is 5.92 Å². The Morgan fingerprint density at radius 1 is 1.12 bits per heavy atom. The molecule has 1 spiro atoms. The van der Waals surface area contributed by atoms with Gasteiger partial charge in [0.2, 0.25) is 0 Å². The molecule has 3 fully saturated rings. The summed E-state index contributed by atoms with van der Waals surface area (Å²) in [5.74, 6) is -0.302. The van der Waals surface area contributed by atoms with Crippen molar-refractivity contribution in [3.8, 4) is 0 Å². The quantitative estimate of drug-likeness (QED) is 0.443. The van der Waals surface area contributed by atoms with Crippen molar-refractivity contribution < 1.29 is 23.5 Å². The summed E-state index contributed by atoms with van der Waals surface area (Å²) >= 11 is 0. The Hall–Kier alpha value is -1.96. The molecule has 3 aliphatic heterocycles. The lowest BCUT2D eigenvalue weighted by molar-refractivity contribution is -0.164. The van der Waals surface area contributed by atoms with E-state index in [2.05, 4.69) is 26.8 Å². The molecule has 1 amide bonds. The average molecular weight is 456 g/mol. The number of benzene rings is 1. The van der Waals surface area contributed by atoms with Crippen LogP contribution in [0.25, 0.3) is 0 Å². The van der Waals surface area contributed by atoms with Crippen molar-refractivity contribution >= 4 is 20.2 Å². The van der Waals surface area contributed by atoms with E-state index < -0.39 is 32.2 Å². The first-order valence-electron chi connectivity index (χ1n) is 12.1. The SMILES string of the molecule is CC[Si](CC)(CC)O[C@H]1CC[C@@]23C=C[C@@H](O2)[C@@H](N2C(=O)OC[C@H]2c2ccccc2)C(=O)[C@H]13. The average Bonchev–Trinajstić information content (AvgIpc) is 3.50. The highest BCUT2D eigenvalue weighted by atomic mass is 28.4. The van der Waals surface area contributed by atoms with Crippen LogP contribution in [0.15, 0.2) is 42.5 Å². The normalized spacial score (nSPS) is 36.0. The molecule has 0 unspecified atom stereocenters. The molecule has 1 aromatic rings. The molecule has 2 bridgehead atoms. The lowest BCUT2D eigenvalue weighted by atomic mass is 9.81. The highest BCUT2D eigenvalue weighted by Crippen LogP contribution is 2.52. The third-order valence-electron chi connectivity index (χ3n) is 8.28. The van der Waals surface area contributed by atoms with Crippen molar-refractivity contribution in [1.29, 1.82) is 0 Å². The van der Waals surface area contributed by atoms with Crippen molar-refractivity contribution in [1.82, 2.24) is 4.90 Å². The Labute approximate surface area is 191 Å². The maximum absolute atomic E-state index is 14.1. The van der Waals surface area contributed by atoms with Crippen LogP contribution in [0, 0.1) is 5.92 Å². The van der Waals surface area contributed by atoms with E-state index in [4.69, 9.17) is 13.9 Å². The molecule has 0 N–H and O–H groups in total. The third kappa shape index (κ3) is 3.20. The monoisotopic (exact) mass is 455 g/mol. The first-order valence-corrected chi connectivity index (χ1v) is 14.6. The van der Waals surface area contributed by atoms with Gasteiger partial charge in [0.25, 0.3) is 0 Å². The second-order valence-electron chi connectivity index (χ2n) is 9.57. The molecule has 6 nitrogen and oxygen atoms in total. The van der Waals surface area contributed by atoms with Crippen molar-refractivity contribution in [2.75, 3.05) is 6.61 Å². The Balaban J connectivity index is 1.48. The molecule has 0 radical (unpaired) electrons. The maximum atomic E-state index is 14.1. The van der Waals surface area contributed by atoms with E-state index in [0.717, 1.165) is 36.5 Å². The summed E-state index contributed by atoms with van der Waals surface area (Å²) in [6, 6.07) is 12.0. The van der Waals surface area contributed by atoms with Crippen LogP contribution in [0.3, 0.4) is 0 Å². The van der Waals surface area contributed by atoms with Crippen LogP contribution >= 0.6 is 0 Å². The number of nitrogens with zero attached hydrogens (tertiary/aromatic N) is 1. The fraction of sp³-hybridized carbons (Fsp3) is 0.600. The Kier molecular flexibility index (Phi) is 5.54. The van der Waals surface area contributed by atoms with Gasteiger partial charge in [0.15, 0.2) is 14.1 Å². The summed E-state index contributed by atoms with van der Waals surface area (Å²) in [5, 5.41) is 0. The zero-order valence-corrected chi connectivity index (χ0v) is 20.2. The number of hydrogen-bond acceptors (Lipinski definition) is 5. The van der Waals surface area contributed by atoms with E-state index in [0.29, 0.717) is 0 Å². The number of hydrogen-bond donors (Lipinski definition) is 0. The van der Waals surface area contributed by atoms with E-state index in [1.165, 1.54) is 0 Å². The number of Topliss-reactive ketones (excluding diaryl/α,β-unsaturated/α-hetero) is 1. The van der Waals surface area contributed by atoms with Gasteiger partial charge in [-0.25, -0.2) is 4.79 Å². The minimum atomic E-state index is -1.89. The fourth-order valence-corrected chi connectivity index (χ4v) is 9.16. The first kappa shape index (κ1) is 21.9. The standard InChI is InChI=1S/C25H33NO5Si/c1-4-32(5-2,6-3)31-19-12-14-25-15-13-20(30-25)22(23(27)21(19)25)26-18(16-29-24(26)28)17-10-8-7-9-11-17/h7-11,13,15,18-22H,4-6,12,14,16H2,1-3H3/t18-,19-,20+,21-,22+,25-/m0/s1. The molecular formula is C25H33NO5Si. The summed E-state index contributed by atoms with van der Waals surface area (Å²) in [5.41, 5.74) is 0.392. The molecule has 3 heterocycles. The molecule has 0 aromatic heterocycles. The van der Waals surface area contributed by atoms with Gasteiger partial charge in [-0.15, -0.1) is 0 Å². The summed E-state index contributed by atoms with van der Waals surface area (Å²) in [4.78, 5) is 28.6. The van der Waals surface area contributed by atoms with Gasteiger partial charge in [-0.1, -0.05) is 63.3 Å². The topological polar surface area (TPSA) is 65.1 Å². The number of cyclic esters (lactones) is 1. The molecule has 6 atom stereocenters. The van der Waals surface area contributed by atoms with Gasteiger partial charge < -0.3 is 13.9 Å². The predicted molar refractivity (Wildman–Crippen MR) is 123 cm³/mol.